The number of hydrogen-bond donors (Lipinski definition) is 1. The highest BCUT2D eigenvalue weighted by Crippen LogP contribution is 2.26. The summed E-state index contributed by atoms with van der Waals surface area (Å²) < 4.78 is 7.36. The molecule has 0 aromatic heterocycles. The SMILES string of the molecule is O=C(N/N=C\c1ccc(OCc2ccc([N+](=O)[O-])cc2)c(Br)c1)c1ccc(Br)cc1. The minimum Gasteiger partial charge on any atom is -0.488 e. The molecule has 1 amide bonds. The van der Waals surface area contributed by atoms with Gasteiger partial charge in [-0.25, -0.2) is 5.43 Å². The first-order valence-electron chi connectivity index (χ1n) is 8.67. The minimum absolute atomic E-state index is 0.0378. The molecule has 0 aliphatic rings. The zero-order chi connectivity index (χ0) is 21.5. The number of carbonyl (C=O) groups is 1. The van der Waals surface area contributed by atoms with Gasteiger partial charge < -0.3 is 4.74 Å². The van der Waals surface area contributed by atoms with E-state index in [1.54, 1.807) is 54.6 Å². The van der Waals surface area contributed by atoms with Gasteiger partial charge in [0.05, 0.1) is 15.6 Å². The van der Waals surface area contributed by atoms with E-state index in [4.69, 9.17) is 4.74 Å². The number of ether oxygens (including phenoxy) is 1. The Hall–Kier alpha value is -3.04. The van der Waals surface area contributed by atoms with Crippen LogP contribution in [0.15, 0.2) is 80.8 Å². The maximum absolute atomic E-state index is 12.0. The molecule has 0 aliphatic carbocycles. The maximum atomic E-state index is 12.0. The lowest BCUT2D eigenvalue weighted by Gasteiger charge is -2.09. The molecule has 3 aromatic rings. The predicted octanol–water partition coefficient (Wildman–Crippen LogP) is 5.46. The lowest BCUT2D eigenvalue weighted by Crippen LogP contribution is -2.17. The molecule has 0 heterocycles. The molecule has 0 saturated carbocycles. The van der Waals surface area contributed by atoms with Gasteiger partial charge in [-0.15, -0.1) is 0 Å². The molecule has 0 aliphatic heterocycles. The largest absolute Gasteiger partial charge is 0.488 e. The quantitative estimate of drug-likeness (QED) is 0.248. The fraction of sp³-hybridized carbons (Fsp3) is 0.0476. The van der Waals surface area contributed by atoms with Crippen LogP contribution in [-0.4, -0.2) is 17.0 Å². The molecule has 3 rings (SSSR count). The van der Waals surface area contributed by atoms with Crippen LogP contribution in [0.25, 0.3) is 0 Å². The Bertz CT molecular complexity index is 1080. The fourth-order valence-electron chi connectivity index (χ4n) is 2.42. The monoisotopic (exact) mass is 531 g/mol. The number of halogens is 2. The van der Waals surface area contributed by atoms with E-state index < -0.39 is 4.92 Å². The summed E-state index contributed by atoms with van der Waals surface area (Å²) in [4.78, 5) is 22.3. The van der Waals surface area contributed by atoms with Crippen molar-refractivity contribution >= 4 is 49.7 Å². The van der Waals surface area contributed by atoms with E-state index in [-0.39, 0.29) is 18.2 Å². The van der Waals surface area contributed by atoms with Crippen molar-refractivity contribution in [1.82, 2.24) is 5.43 Å². The molecule has 0 fully saturated rings. The first-order chi connectivity index (χ1) is 14.4. The second-order valence-corrected chi connectivity index (χ2v) is 7.88. The van der Waals surface area contributed by atoms with Gasteiger partial charge in [0.25, 0.3) is 11.6 Å². The molecule has 7 nitrogen and oxygen atoms in total. The van der Waals surface area contributed by atoms with E-state index in [9.17, 15) is 14.9 Å². The van der Waals surface area contributed by atoms with Gasteiger partial charge in [-0.2, -0.15) is 5.10 Å². The Morgan fingerprint density at radius 3 is 2.40 bits per heavy atom. The van der Waals surface area contributed by atoms with Gasteiger partial charge in [-0.05, 0) is 81.7 Å². The number of non-ortho nitro benzene ring substituents is 1. The summed E-state index contributed by atoms with van der Waals surface area (Å²) in [6, 6.07) is 18.5. The van der Waals surface area contributed by atoms with Crippen LogP contribution in [0, 0.1) is 10.1 Å². The van der Waals surface area contributed by atoms with E-state index in [0.717, 1.165) is 15.6 Å². The van der Waals surface area contributed by atoms with Crippen molar-refractivity contribution in [3.63, 3.8) is 0 Å². The summed E-state index contributed by atoms with van der Waals surface area (Å²) in [6.07, 6.45) is 1.53. The lowest BCUT2D eigenvalue weighted by atomic mass is 10.2. The van der Waals surface area contributed by atoms with Gasteiger partial charge in [-0.1, -0.05) is 15.9 Å². The van der Waals surface area contributed by atoms with Gasteiger partial charge in [0, 0.05) is 22.2 Å². The van der Waals surface area contributed by atoms with Gasteiger partial charge >= 0.3 is 0 Å². The second kappa shape index (κ2) is 10.1. The van der Waals surface area contributed by atoms with Crippen LogP contribution in [0.3, 0.4) is 0 Å². The number of rotatable bonds is 7. The number of benzene rings is 3. The molecular formula is C21H15Br2N3O4. The summed E-state index contributed by atoms with van der Waals surface area (Å²) in [5.41, 5.74) is 4.60. The van der Waals surface area contributed by atoms with Crippen LogP contribution >= 0.6 is 31.9 Å². The van der Waals surface area contributed by atoms with Crippen LogP contribution in [-0.2, 0) is 6.61 Å². The molecule has 0 unspecified atom stereocenters. The highest BCUT2D eigenvalue weighted by molar-refractivity contribution is 9.10. The van der Waals surface area contributed by atoms with Crippen molar-refractivity contribution in [2.45, 2.75) is 6.61 Å². The van der Waals surface area contributed by atoms with Crippen molar-refractivity contribution in [3.05, 3.63) is 102 Å². The number of carbonyl (C=O) groups excluding carboxylic acids is 1. The van der Waals surface area contributed by atoms with Crippen LogP contribution < -0.4 is 10.2 Å². The molecule has 0 radical (unpaired) electrons. The molecule has 152 valence electrons. The topological polar surface area (TPSA) is 93.8 Å². The Kier molecular flexibility index (Phi) is 7.31. The van der Waals surface area contributed by atoms with Gasteiger partial charge in [0.1, 0.15) is 12.4 Å². The first kappa shape index (κ1) is 21.7. The Balaban J connectivity index is 1.56. The Labute approximate surface area is 189 Å². The van der Waals surface area contributed by atoms with Crippen molar-refractivity contribution in [2.24, 2.45) is 5.10 Å². The number of amides is 1. The van der Waals surface area contributed by atoms with Gasteiger partial charge in [0.2, 0.25) is 0 Å². The molecule has 0 spiro atoms. The highest BCUT2D eigenvalue weighted by Gasteiger charge is 2.07. The summed E-state index contributed by atoms with van der Waals surface area (Å²) in [7, 11) is 0. The third-order valence-corrected chi connectivity index (χ3v) is 5.13. The van der Waals surface area contributed by atoms with Crippen molar-refractivity contribution in [3.8, 4) is 5.75 Å². The number of nitrogens with zero attached hydrogens (tertiary/aromatic N) is 2. The standard InChI is InChI=1S/C21H15Br2N3O4/c22-17-6-4-16(5-7-17)21(27)25-24-12-15-3-10-20(19(23)11-15)30-13-14-1-8-18(9-2-14)26(28)29/h1-12H,13H2,(H,25,27)/b24-12-. The zero-order valence-electron chi connectivity index (χ0n) is 15.4. The molecule has 9 heteroatoms. The van der Waals surface area contributed by atoms with Crippen molar-refractivity contribution in [2.75, 3.05) is 0 Å². The third kappa shape index (κ3) is 5.98. The van der Waals surface area contributed by atoms with E-state index in [1.807, 2.05) is 0 Å². The number of nitro groups is 1. The van der Waals surface area contributed by atoms with Crippen LogP contribution in [0.5, 0.6) is 5.75 Å². The van der Waals surface area contributed by atoms with Gasteiger partial charge in [0.15, 0.2) is 0 Å². The molecule has 3 aromatic carbocycles. The normalized spacial score (nSPS) is 10.7. The fourth-order valence-corrected chi connectivity index (χ4v) is 3.20. The molecule has 0 bridgehead atoms. The smallest absolute Gasteiger partial charge is 0.271 e. The molecule has 0 saturated heterocycles. The van der Waals surface area contributed by atoms with Gasteiger partial charge in [-0.3, -0.25) is 14.9 Å². The average molecular weight is 533 g/mol. The number of nitro benzene ring substituents is 1. The third-order valence-electron chi connectivity index (χ3n) is 3.98. The number of nitrogens with one attached hydrogen (secondary N) is 1. The van der Waals surface area contributed by atoms with Crippen LogP contribution in [0.4, 0.5) is 5.69 Å². The molecule has 30 heavy (non-hydrogen) atoms. The van der Waals surface area contributed by atoms with E-state index >= 15 is 0 Å². The first-order valence-corrected chi connectivity index (χ1v) is 10.3. The number of hydrogen-bond acceptors (Lipinski definition) is 5. The van der Waals surface area contributed by atoms with E-state index in [1.165, 1.54) is 18.3 Å². The predicted molar refractivity (Wildman–Crippen MR) is 121 cm³/mol. The Morgan fingerprint density at radius 2 is 1.77 bits per heavy atom. The lowest BCUT2D eigenvalue weighted by molar-refractivity contribution is -0.384. The maximum Gasteiger partial charge on any atom is 0.271 e. The summed E-state index contributed by atoms with van der Waals surface area (Å²) in [6.45, 7) is 0.271. The average Bonchev–Trinajstić information content (AvgIpc) is 2.74. The van der Waals surface area contributed by atoms with E-state index in [2.05, 4.69) is 42.4 Å². The van der Waals surface area contributed by atoms with Crippen molar-refractivity contribution < 1.29 is 14.5 Å². The van der Waals surface area contributed by atoms with Crippen molar-refractivity contribution in [1.29, 1.82) is 0 Å². The zero-order valence-corrected chi connectivity index (χ0v) is 18.6. The second-order valence-electron chi connectivity index (χ2n) is 6.11. The van der Waals surface area contributed by atoms with Crippen LogP contribution in [0.1, 0.15) is 21.5 Å². The molecule has 0 atom stereocenters. The highest BCUT2D eigenvalue weighted by atomic mass is 79.9. The minimum atomic E-state index is -0.442. The Morgan fingerprint density at radius 1 is 1.07 bits per heavy atom. The summed E-state index contributed by atoms with van der Waals surface area (Å²) in [5.74, 6) is 0.310. The molecule has 1 N–H and O–H groups in total. The molecular weight excluding hydrogens is 518 g/mol. The number of hydrazone groups is 1. The summed E-state index contributed by atoms with van der Waals surface area (Å²) in [5, 5.41) is 14.7. The van der Waals surface area contributed by atoms with Crippen LogP contribution in [0.2, 0.25) is 0 Å². The van der Waals surface area contributed by atoms with E-state index in [0.29, 0.717) is 15.8 Å². The summed E-state index contributed by atoms with van der Waals surface area (Å²) >= 11 is 6.77.